The van der Waals surface area contributed by atoms with Crippen LogP contribution in [0, 0.1) is 0 Å². The highest BCUT2D eigenvalue weighted by atomic mass is 35.5. The smallest absolute Gasteiger partial charge is 0.335 e. The maximum absolute atomic E-state index is 11.1. The van der Waals surface area contributed by atoms with E-state index < -0.39 is 5.97 Å². The second-order valence-electron chi connectivity index (χ2n) is 8.95. The van der Waals surface area contributed by atoms with Crippen LogP contribution in [0.1, 0.15) is 41.6 Å². The third kappa shape index (κ3) is 5.15. The molecule has 0 radical (unpaired) electrons. The topological polar surface area (TPSA) is 61.8 Å². The lowest BCUT2D eigenvalue weighted by atomic mass is 9.96. The number of hydrogen-bond acceptors (Lipinski definition) is 4. The summed E-state index contributed by atoms with van der Waals surface area (Å²) in [5.74, 6) is 0.686. The molecule has 33 heavy (non-hydrogen) atoms. The van der Waals surface area contributed by atoms with Gasteiger partial charge in [0.05, 0.1) is 5.56 Å². The Kier molecular flexibility index (Phi) is 6.25. The summed E-state index contributed by atoms with van der Waals surface area (Å²) in [5, 5.41) is 13.5. The molecule has 2 aliphatic rings. The Morgan fingerprint density at radius 1 is 0.909 bits per heavy atom. The monoisotopic (exact) mass is 462 g/mol. The van der Waals surface area contributed by atoms with E-state index in [0.717, 1.165) is 36.6 Å². The summed E-state index contributed by atoms with van der Waals surface area (Å²) in [5.41, 5.74) is 2.63. The second-order valence-corrected chi connectivity index (χ2v) is 9.39. The number of fused-ring (bicyclic) bond motifs is 2. The van der Waals surface area contributed by atoms with Gasteiger partial charge in [-0.25, -0.2) is 4.79 Å². The Morgan fingerprint density at radius 3 is 2.06 bits per heavy atom. The number of hydrogen-bond donors (Lipinski definition) is 2. The van der Waals surface area contributed by atoms with Gasteiger partial charge in [0, 0.05) is 35.4 Å². The molecular weight excluding hydrogens is 436 g/mol. The molecule has 0 unspecified atom stereocenters. The molecule has 0 aromatic heterocycles. The number of benzene rings is 3. The summed E-state index contributed by atoms with van der Waals surface area (Å²) in [4.78, 5) is 13.7. The summed E-state index contributed by atoms with van der Waals surface area (Å²) < 4.78 is 5.89. The molecule has 3 aromatic carbocycles. The number of aromatic carboxylic acids is 1. The zero-order valence-corrected chi connectivity index (χ0v) is 19.0. The SMILES string of the molecule is O=C(O)c1ccc(CN2[C@@H]3CC[C@H]2C[C@H](Nc2ccc(Oc4ccc(Cl)cc4)cc2)C3)cc1. The molecule has 5 nitrogen and oxygen atoms in total. The van der Waals surface area contributed by atoms with Crippen molar-refractivity contribution in [2.24, 2.45) is 0 Å². The Hall–Kier alpha value is -3.02. The van der Waals surface area contributed by atoms with Crippen LogP contribution in [0.3, 0.4) is 0 Å². The van der Waals surface area contributed by atoms with Crippen LogP contribution in [-0.2, 0) is 6.54 Å². The Morgan fingerprint density at radius 2 is 1.48 bits per heavy atom. The lowest BCUT2D eigenvalue weighted by Gasteiger charge is -2.39. The summed E-state index contributed by atoms with van der Waals surface area (Å²) >= 11 is 5.93. The summed E-state index contributed by atoms with van der Waals surface area (Å²) in [6.45, 7) is 0.888. The van der Waals surface area contributed by atoms with Crippen LogP contribution in [0.15, 0.2) is 72.8 Å². The van der Waals surface area contributed by atoms with Crippen LogP contribution in [0.5, 0.6) is 11.5 Å². The zero-order chi connectivity index (χ0) is 22.8. The van der Waals surface area contributed by atoms with Crippen molar-refractivity contribution in [1.82, 2.24) is 4.90 Å². The van der Waals surface area contributed by atoms with Crippen molar-refractivity contribution in [1.29, 1.82) is 0 Å². The molecule has 0 amide bonds. The number of carbonyl (C=O) groups is 1. The first-order chi connectivity index (χ1) is 16.0. The quantitative estimate of drug-likeness (QED) is 0.423. The van der Waals surface area contributed by atoms with Gasteiger partial charge in [0.1, 0.15) is 11.5 Å². The van der Waals surface area contributed by atoms with Gasteiger partial charge in [-0.15, -0.1) is 0 Å². The van der Waals surface area contributed by atoms with Crippen LogP contribution in [-0.4, -0.2) is 34.1 Å². The number of carboxylic acids is 1. The van der Waals surface area contributed by atoms with Crippen molar-refractivity contribution >= 4 is 23.3 Å². The molecule has 3 aromatic rings. The summed E-state index contributed by atoms with van der Waals surface area (Å²) in [7, 11) is 0. The fourth-order valence-corrected chi connectivity index (χ4v) is 5.23. The summed E-state index contributed by atoms with van der Waals surface area (Å²) in [6, 6.07) is 24.4. The Bertz CT molecular complexity index is 1090. The van der Waals surface area contributed by atoms with E-state index in [4.69, 9.17) is 21.4 Å². The molecule has 2 bridgehead atoms. The first-order valence-electron chi connectivity index (χ1n) is 11.4. The van der Waals surface area contributed by atoms with Crippen LogP contribution < -0.4 is 10.1 Å². The predicted octanol–water partition coefficient (Wildman–Crippen LogP) is 6.44. The fourth-order valence-electron chi connectivity index (χ4n) is 5.11. The van der Waals surface area contributed by atoms with Crippen LogP contribution in [0.25, 0.3) is 0 Å². The molecular formula is C27H27ClN2O3. The minimum absolute atomic E-state index is 0.342. The number of rotatable bonds is 7. The molecule has 2 aliphatic heterocycles. The molecule has 0 spiro atoms. The van der Waals surface area contributed by atoms with E-state index in [9.17, 15) is 4.79 Å². The minimum Gasteiger partial charge on any atom is -0.478 e. The van der Waals surface area contributed by atoms with Gasteiger partial charge in [-0.3, -0.25) is 4.90 Å². The normalized spacial score (nSPS) is 22.2. The fraction of sp³-hybridized carbons (Fsp3) is 0.296. The lowest BCUT2D eigenvalue weighted by molar-refractivity contribution is 0.0696. The molecule has 2 saturated heterocycles. The van der Waals surface area contributed by atoms with Gasteiger partial charge in [0.15, 0.2) is 0 Å². The molecule has 3 atom stereocenters. The van der Waals surface area contributed by atoms with Crippen molar-refractivity contribution in [3.05, 3.63) is 88.9 Å². The van der Waals surface area contributed by atoms with E-state index in [-0.39, 0.29) is 0 Å². The first-order valence-corrected chi connectivity index (χ1v) is 11.8. The summed E-state index contributed by atoms with van der Waals surface area (Å²) in [6.07, 6.45) is 4.69. The van der Waals surface area contributed by atoms with E-state index in [0.29, 0.717) is 28.7 Å². The van der Waals surface area contributed by atoms with Gasteiger partial charge in [-0.2, -0.15) is 0 Å². The standard InChI is InChI=1S/C27H27ClN2O3/c28-20-5-11-25(12-6-20)33-26-13-7-21(8-14-26)29-22-15-23-9-10-24(16-22)30(23)17-18-1-3-19(4-2-18)27(31)32/h1-8,11-14,22-24,29H,9-10,15-17H2,(H,31,32)/t22-,23-,24+. The van der Waals surface area contributed by atoms with Gasteiger partial charge in [0.25, 0.3) is 0 Å². The average Bonchev–Trinajstić information content (AvgIpc) is 3.04. The van der Waals surface area contributed by atoms with Crippen molar-refractivity contribution in [2.45, 2.75) is 50.4 Å². The highest BCUT2D eigenvalue weighted by molar-refractivity contribution is 6.30. The molecule has 170 valence electrons. The first kappa shape index (κ1) is 21.8. The van der Waals surface area contributed by atoms with Crippen molar-refractivity contribution in [2.75, 3.05) is 5.32 Å². The molecule has 6 heteroatoms. The number of nitrogens with one attached hydrogen (secondary N) is 1. The lowest BCUT2D eigenvalue weighted by Crippen LogP contribution is -2.46. The predicted molar refractivity (Wildman–Crippen MR) is 130 cm³/mol. The van der Waals surface area contributed by atoms with Gasteiger partial charge in [-0.05, 0) is 91.9 Å². The molecule has 5 rings (SSSR count). The van der Waals surface area contributed by atoms with Gasteiger partial charge in [0.2, 0.25) is 0 Å². The maximum Gasteiger partial charge on any atom is 0.335 e. The number of anilines is 1. The second kappa shape index (κ2) is 9.46. The van der Waals surface area contributed by atoms with E-state index in [2.05, 4.69) is 22.3 Å². The number of carboxylic acid groups (broad SMARTS) is 1. The van der Waals surface area contributed by atoms with E-state index in [1.165, 1.54) is 18.4 Å². The molecule has 2 fully saturated rings. The van der Waals surface area contributed by atoms with Crippen molar-refractivity contribution in [3.63, 3.8) is 0 Å². The van der Waals surface area contributed by atoms with Crippen molar-refractivity contribution < 1.29 is 14.6 Å². The number of ether oxygens (including phenoxy) is 1. The van der Waals surface area contributed by atoms with Crippen LogP contribution in [0.4, 0.5) is 5.69 Å². The van der Waals surface area contributed by atoms with Gasteiger partial charge < -0.3 is 15.2 Å². The number of halogens is 1. The average molecular weight is 463 g/mol. The molecule has 0 saturated carbocycles. The number of nitrogens with zero attached hydrogens (tertiary/aromatic N) is 1. The minimum atomic E-state index is -0.877. The van der Waals surface area contributed by atoms with Crippen molar-refractivity contribution in [3.8, 4) is 11.5 Å². The van der Waals surface area contributed by atoms with E-state index in [1.807, 2.05) is 48.5 Å². The third-order valence-electron chi connectivity index (χ3n) is 6.72. The third-order valence-corrected chi connectivity index (χ3v) is 6.98. The molecule has 2 heterocycles. The van der Waals surface area contributed by atoms with Crippen LogP contribution in [0.2, 0.25) is 5.02 Å². The zero-order valence-electron chi connectivity index (χ0n) is 18.3. The van der Waals surface area contributed by atoms with E-state index in [1.54, 1.807) is 12.1 Å². The van der Waals surface area contributed by atoms with Gasteiger partial charge >= 0.3 is 5.97 Å². The molecule has 2 N–H and O–H groups in total. The van der Waals surface area contributed by atoms with Crippen LogP contribution >= 0.6 is 11.6 Å². The Labute approximate surface area is 199 Å². The molecule has 0 aliphatic carbocycles. The maximum atomic E-state index is 11.1. The van der Waals surface area contributed by atoms with Gasteiger partial charge in [-0.1, -0.05) is 23.7 Å². The highest BCUT2D eigenvalue weighted by Crippen LogP contribution is 2.38. The largest absolute Gasteiger partial charge is 0.478 e. The highest BCUT2D eigenvalue weighted by Gasteiger charge is 2.40. The number of piperidine rings is 1. The van der Waals surface area contributed by atoms with E-state index >= 15 is 0 Å². The Balaban J connectivity index is 1.16.